The fourth-order valence-electron chi connectivity index (χ4n) is 6.74. The molecule has 7 nitrogen and oxygen atoms in total. The van der Waals surface area contributed by atoms with E-state index in [4.69, 9.17) is 4.74 Å². The number of esters is 1. The van der Waals surface area contributed by atoms with E-state index in [-0.39, 0.29) is 29.7 Å². The number of likely N-dealkylation sites (N-methyl/N-ethyl adjacent to an activating group) is 1. The highest BCUT2D eigenvalue weighted by Gasteiger charge is 2.57. The van der Waals surface area contributed by atoms with Crippen molar-refractivity contribution in [3.8, 4) is 0 Å². The number of hydrogen-bond donors (Lipinski definition) is 0. The first-order chi connectivity index (χ1) is 20.3. The highest BCUT2D eigenvalue weighted by atomic mass is 16.5. The maximum Gasteiger partial charge on any atom is 0.328 e. The number of carbonyl (C=O) groups is 3. The van der Waals surface area contributed by atoms with E-state index < -0.39 is 17.6 Å². The van der Waals surface area contributed by atoms with Gasteiger partial charge in [0.2, 0.25) is 11.8 Å². The average Bonchev–Trinajstić information content (AvgIpc) is 3.83. The molecule has 42 heavy (non-hydrogen) atoms. The second kappa shape index (κ2) is 12.5. The minimum atomic E-state index is -0.621. The van der Waals surface area contributed by atoms with Crippen LogP contribution in [-0.2, 0) is 24.7 Å². The number of amides is 2. The lowest BCUT2D eigenvalue weighted by atomic mass is 9.76. The molecule has 3 aromatic carbocycles. The Morgan fingerprint density at radius 3 is 1.67 bits per heavy atom. The van der Waals surface area contributed by atoms with E-state index in [9.17, 15) is 14.4 Å². The summed E-state index contributed by atoms with van der Waals surface area (Å²) in [6.07, 6.45) is 1.16. The molecule has 220 valence electrons. The molecular weight excluding hydrogens is 526 g/mol. The van der Waals surface area contributed by atoms with Gasteiger partial charge in [0.15, 0.2) is 0 Å². The van der Waals surface area contributed by atoms with E-state index in [1.165, 1.54) is 12.0 Å². The summed E-state index contributed by atoms with van der Waals surface area (Å²) in [5.41, 5.74) is 2.75. The number of likely N-dealkylation sites (tertiary alicyclic amines) is 1. The average molecular weight is 568 g/mol. The van der Waals surface area contributed by atoms with Crippen LogP contribution in [0.3, 0.4) is 0 Å². The lowest BCUT2D eigenvalue weighted by Gasteiger charge is -2.39. The molecule has 0 aliphatic carbocycles. The van der Waals surface area contributed by atoms with Gasteiger partial charge in [-0.25, -0.2) is 4.79 Å². The number of carbonyl (C=O) groups excluding carboxylic acids is 3. The van der Waals surface area contributed by atoms with Crippen LogP contribution in [-0.4, -0.2) is 78.4 Å². The van der Waals surface area contributed by atoms with Crippen molar-refractivity contribution in [2.24, 2.45) is 11.8 Å². The molecule has 2 saturated heterocycles. The Morgan fingerprint density at radius 2 is 1.26 bits per heavy atom. The summed E-state index contributed by atoms with van der Waals surface area (Å²) in [6.45, 7) is 5.51. The summed E-state index contributed by atoms with van der Waals surface area (Å²) in [7, 11) is 3.03. The van der Waals surface area contributed by atoms with Crippen LogP contribution >= 0.6 is 0 Å². The molecule has 2 fully saturated rings. The largest absolute Gasteiger partial charge is 0.467 e. The van der Waals surface area contributed by atoms with Gasteiger partial charge in [0, 0.05) is 32.6 Å². The summed E-state index contributed by atoms with van der Waals surface area (Å²) in [6, 6.07) is 30.4. The van der Waals surface area contributed by atoms with Crippen LogP contribution in [0.1, 0.15) is 43.4 Å². The van der Waals surface area contributed by atoms with Crippen molar-refractivity contribution in [1.82, 2.24) is 14.7 Å². The van der Waals surface area contributed by atoms with Crippen LogP contribution in [0.5, 0.6) is 0 Å². The van der Waals surface area contributed by atoms with Gasteiger partial charge in [0.05, 0.1) is 12.6 Å². The first kappa shape index (κ1) is 29.5. The van der Waals surface area contributed by atoms with Crippen LogP contribution in [0.2, 0.25) is 0 Å². The normalized spacial score (nSPS) is 19.7. The molecule has 0 N–H and O–H groups in total. The molecule has 5 rings (SSSR count). The van der Waals surface area contributed by atoms with Gasteiger partial charge >= 0.3 is 5.97 Å². The highest BCUT2D eigenvalue weighted by Crippen LogP contribution is 2.48. The van der Waals surface area contributed by atoms with Crippen LogP contribution in [0, 0.1) is 11.8 Å². The fraction of sp³-hybridized carbons (Fsp3) is 0.400. The Hall–Kier alpha value is -3.97. The summed E-state index contributed by atoms with van der Waals surface area (Å²) in [5.74, 6) is -0.641. The quantitative estimate of drug-likeness (QED) is 0.216. The van der Waals surface area contributed by atoms with E-state index in [0.717, 1.165) is 16.7 Å². The molecular formula is C35H41N3O4. The summed E-state index contributed by atoms with van der Waals surface area (Å²) < 4.78 is 4.96. The minimum absolute atomic E-state index is 0.0597. The number of nitrogens with zero attached hydrogens (tertiary/aromatic N) is 3. The van der Waals surface area contributed by atoms with Crippen molar-refractivity contribution in [2.75, 3.05) is 33.8 Å². The Balaban J connectivity index is 1.35. The molecule has 0 saturated carbocycles. The van der Waals surface area contributed by atoms with E-state index >= 15 is 0 Å². The molecule has 2 amide bonds. The predicted octanol–water partition coefficient (Wildman–Crippen LogP) is 4.56. The predicted molar refractivity (Wildman–Crippen MR) is 162 cm³/mol. The first-order valence-corrected chi connectivity index (χ1v) is 14.9. The fourth-order valence-corrected chi connectivity index (χ4v) is 6.74. The zero-order chi connectivity index (χ0) is 29.9. The van der Waals surface area contributed by atoms with Gasteiger partial charge in [0.1, 0.15) is 12.1 Å². The topological polar surface area (TPSA) is 69.9 Å². The monoisotopic (exact) mass is 567 g/mol. The van der Waals surface area contributed by atoms with Crippen LogP contribution < -0.4 is 0 Å². The Labute approximate surface area is 249 Å². The zero-order valence-electron chi connectivity index (χ0n) is 25.0. The van der Waals surface area contributed by atoms with Gasteiger partial charge in [-0.2, -0.15) is 0 Å². The van der Waals surface area contributed by atoms with Gasteiger partial charge in [-0.15, -0.1) is 0 Å². The molecule has 2 aliphatic heterocycles. The van der Waals surface area contributed by atoms with E-state index in [1.54, 1.807) is 7.05 Å². The van der Waals surface area contributed by atoms with Gasteiger partial charge < -0.3 is 14.5 Å². The van der Waals surface area contributed by atoms with E-state index in [2.05, 4.69) is 77.7 Å². The summed E-state index contributed by atoms with van der Waals surface area (Å²) in [5, 5.41) is 0. The molecule has 0 radical (unpaired) electrons. The smallest absolute Gasteiger partial charge is 0.328 e. The van der Waals surface area contributed by atoms with Crippen LogP contribution in [0.4, 0.5) is 0 Å². The van der Waals surface area contributed by atoms with Crippen LogP contribution in [0.15, 0.2) is 91.0 Å². The maximum atomic E-state index is 14.0. The van der Waals surface area contributed by atoms with Gasteiger partial charge in [-0.3, -0.25) is 14.5 Å². The third-order valence-electron chi connectivity index (χ3n) is 8.90. The van der Waals surface area contributed by atoms with Crippen molar-refractivity contribution in [3.63, 3.8) is 0 Å². The Morgan fingerprint density at radius 1 is 0.810 bits per heavy atom. The minimum Gasteiger partial charge on any atom is -0.467 e. The van der Waals surface area contributed by atoms with Crippen molar-refractivity contribution in [1.29, 1.82) is 0 Å². The highest BCUT2D eigenvalue weighted by molar-refractivity contribution is 5.87. The van der Waals surface area contributed by atoms with Crippen molar-refractivity contribution >= 4 is 17.8 Å². The second-order valence-electron chi connectivity index (χ2n) is 11.7. The molecule has 1 unspecified atom stereocenters. The third-order valence-corrected chi connectivity index (χ3v) is 8.90. The van der Waals surface area contributed by atoms with Gasteiger partial charge in [-0.05, 0) is 35.4 Å². The Bertz CT molecular complexity index is 1270. The Kier molecular flexibility index (Phi) is 8.78. The zero-order valence-corrected chi connectivity index (χ0v) is 25.0. The first-order valence-electron chi connectivity index (χ1n) is 14.9. The number of rotatable bonds is 9. The maximum absolute atomic E-state index is 14.0. The second-order valence-corrected chi connectivity index (χ2v) is 11.7. The summed E-state index contributed by atoms with van der Waals surface area (Å²) >= 11 is 0. The van der Waals surface area contributed by atoms with Gasteiger partial charge in [0.25, 0.3) is 0 Å². The lowest BCUT2D eigenvalue weighted by Crippen LogP contribution is -2.51. The number of methoxy groups -OCH3 is 1. The number of hydrogen-bond acceptors (Lipinski definition) is 5. The number of ether oxygens (including phenoxy) is 1. The SMILES string of the molecule is COC(=O)[C@H](C(C)C)N(C)C(=O)C1CCN(C(=O)[C@H]2CN2C(c2ccccc2)(c2ccccc2)c2ccccc2)CC1. The standard InChI is InChI=1S/C35H41N3O4/c1-25(2)31(34(41)42-4)36(3)32(39)26-20-22-37(23-21-26)33(40)30-24-38(30)35(27-14-8-5-9-15-27,28-16-10-6-11-17-28)29-18-12-7-13-19-29/h5-19,25-26,30-31H,20-24H2,1-4H3/t30-,31+,38?/m1/s1. The van der Waals surface area contributed by atoms with Crippen molar-refractivity contribution < 1.29 is 19.1 Å². The lowest BCUT2D eigenvalue weighted by molar-refractivity contribution is -0.156. The molecule has 3 atom stereocenters. The molecule has 0 aromatic heterocycles. The van der Waals surface area contributed by atoms with Crippen molar-refractivity contribution in [2.45, 2.75) is 44.3 Å². The molecule has 7 heteroatoms. The molecule has 0 bridgehead atoms. The number of piperidine rings is 1. The molecule has 0 spiro atoms. The van der Waals surface area contributed by atoms with Gasteiger partial charge in [-0.1, -0.05) is 105 Å². The van der Waals surface area contributed by atoms with E-state index in [1.807, 2.05) is 36.9 Å². The molecule has 2 aliphatic rings. The summed E-state index contributed by atoms with van der Waals surface area (Å²) in [4.78, 5) is 45.4. The van der Waals surface area contributed by atoms with Crippen LogP contribution in [0.25, 0.3) is 0 Å². The van der Waals surface area contributed by atoms with Crippen molar-refractivity contribution in [3.05, 3.63) is 108 Å². The van der Waals surface area contributed by atoms with E-state index in [0.29, 0.717) is 32.5 Å². The third kappa shape index (κ3) is 5.45. The molecule has 3 aromatic rings. The number of benzene rings is 3. The molecule has 2 heterocycles.